The van der Waals surface area contributed by atoms with Crippen molar-refractivity contribution in [2.75, 3.05) is 6.54 Å². The number of aromatic nitrogens is 2. The van der Waals surface area contributed by atoms with Gasteiger partial charge in [0.15, 0.2) is 5.82 Å². The van der Waals surface area contributed by atoms with Gasteiger partial charge in [-0.25, -0.2) is 4.79 Å². The van der Waals surface area contributed by atoms with Crippen LogP contribution < -0.4 is 0 Å². The van der Waals surface area contributed by atoms with Gasteiger partial charge in [-0.2, -0.15) is 4.98 Å². The van der Waals surface area contributed by atoms with Gasteiger partial charge in [0, 0.05) is 13.0 Å². The second-order valence-electron chi connectivity index (χ2n) is 8.07. The summed E-state index contributed by atoms with van der Waals surface area (Å²) in [6.07, 6.45) is 5.23. The van der Waals surface area contributed by atoms with E-state index in [0.717, 1.165) is 38.5 Å². The second-order valence-corrected chi connectivity index (χ2v) is 8.07. The van der Waals surface area contributed by atoms with Crippen molar-refractivity contribution < 1.29 is 14.1 Å². The lowest BCUT2D eigenvalue weighted by molar-refractivity contribution is 0.00538. The van der Waals surface area contributed by atoms with E-state index in [0.29, 0.717) is 18.3 Å². The summed E-state index contributed by atoms with van der Waals surface area (Å²) in [6.45, 7) is 6.29. The molecule has 0 spiro atoms. The van der Waals surface area contributed by atoms with Crippen LogP contribution in [-0.2, 0) is 17.6 Å². The predicted molar refractivity (Wildman–Crippen MR) is 102 cm³/mol. The first-order chi connectivity index (χ1) is 12.9. The monoisotopic (exact) mass is 371 g/mol. The molecule has 0 bridgehead atoms. The third kappa shape index (κ3) is 5.55. The number of amides is 1. The van der Waals surface area contributed by atoms with Crippen molar-refractivity contribution in [3.63, 3.8) is 0 Å². The van der Waals surface area contributed by atoms with Crippen LogP contribution in [-0.4, -0.2) is 33.3 Å². The number of rotatable bonds is 5. The van der Waals surface area contributed by atoms with Crippen molar-refractivity contribution in [1.82, 2.24) is 15.0 Å². The number of benzene rings is 1. The van der Waals surface area contributed by atoms with Crippen LogP contribution in [0.2, 0.25) is 0 Å². The van der Waals surface area contributed by atoms with Crippen molar-refractivity contribution in [1.29, 1.82) is 0 Å². The van der Waals surface area contributed by atoms with Crippen LogP contribution in [0.25, 0.3) is 0 Å². The van der Waals surface area contributed by atoms with E-state index < -0.39 is 5.60 Å². The number of ether oxygens (including phenoxy) is 1. The Balaban J connectivity index is 1.60. The highest BCUT2D eigenvalue weighted by atomic mass is 16.6. The summed E-state index contributed by atoms with van der Waals surface area (Å²) in [5.74, 6) is 1.23. The van der Waals surface area contributed by atoms with Crippen LogP contribution in [0.4, 0.5) is 4.79 Å². The molecule has 1 amide bonds. The molecule has 0 unspecified atom stereocenters. The Morgan fingerprint density at radius 3 is 2.74 bits per heavy atom. The van der Waals surface area contributed by atoms with E-state index >= 15 is 0 Å². The molecule has 27 heavy (non-hydrogen) atoms. The molecule has 1 fully saturated rings. The van der Waals surface area contributed by atoms with Gasteiger partial charge in [-0.3, -0.25) is 4.90 Å². The van der Waals surface area contributed by atoms with Crippen LogP contribution in [0.15, 0.2) is 34.9 Å². The first kappa shape index (κ1) is 19.4. The van der Waals surface area contributed by atoms with Gasteiger partial charge in [-0.05, 0) is 58.4 Å². The minimum absolute atomic E-state index is 0.191. The van der Waals surface area contributed by atoms with E-state index in [1.165, 1.54) is 5.56 Å². The highest BCUT2D eigenvalue weighted by molar-refractivity contribution is 5.68. The highest BCUT2D eigenvalue weighted by Gasteiger charge is 2.34. The van der Waals surface area contributed by atoms with Crippen molar-refractivity contribution >= 4 is 6.09 Å². The third-order valence-corrected chi connectivity index (χ3v) is 4.61. The average Bonchev–Trinajstić information content (AvgIpc) is 3.10. The zero-order valence-corrected chi connectivity index (χ0v) is 16.5. The fourth-order valence-electron chi connectivity index (χ4n) is 3.33. The predicted octanol–water partition coefficient (Wildman–Crippen LogP) is 4.71. The molecule has 1 aliphatic rings. The lowest BCUT2D eigenvalue weighted by Gasteiger charge is -2.34. The first-order valence-corrected chi connectivity index (χ1v) is 9.78. The van der Waals surface area contributed by atoms with Gasteiger partial charge < -0.3 is 9.26 Å². The lowest BCUT2D eigenvalue weighted by Crippen LogP contribution is -2.42. The number of aryl methyl sites for hydroxylation is 2. The summed E-state index contributed by atoms with van der Waals surface area (Å²) in [5.41, 5.74) is 0.792. The van der Waals surface area contributed by atoms with Crippen LogP contribution in [0.5, 0.6) is 0 Å². The maximum atomic E-state index is 12.5. The minimum Gasteiger partial charge on any atom is -0.444 e. The molecule has 2 heterocycles. The first-order valence-electron chi connectivity index (χ1n) is 9.78. The number of hydrogen-bond acceptors (Lipinski definition) is 5. The molecule has 6 nitrogen and oxygen atoms in total. The van der Waals surface area contributed by atoms with Crippen LogP contribution in [0.3, 0.4) is 0 Å². The van der Waals surface area contributed by atoms with E-state index in [2.05, 4.69) is 34.4 Å². The summed E-state index contributed by atoms with van der Waals surface area (Å²) in [5, 5.41) is 4.13. The highest BCUT2D eigenvalue weighted by Crippen LogP contribution is 2.31. The van der Waals surface area contributed by atoms with E-state index in [9.17, 15) is 4.79 Å². The van der Waals surface area contributed by atoms with Gasteiger partial charge in [0.25, 0.3) is 0 Å². The SMILES string of the molecule is CC(C)(C)OC(=O)N1CCCC[C@H]1c1nc(CCCc2ccccc2)no1. The smallest absolute Gasteiger partial charge is 0.410 e. The largest absolute Gasteiger partial charge is 0.444 e. The third-order valence-electron chi connectivity index (χ3n) is 4.61. The minimum atomic E-state index is -0.517. The maximum Gasteiger partial charge on any atom is 0.410 e. The van der Waals surface area contributed by atoms with Crippen molar-refractivity contribution in [3.8, 4) is 0 Å². The Labute approximate surface area is 160 Å². The standard InChI is InChI=1S/C21H29N3O3/c1-21(2,3)26-20(25)24-15-8-7-13-17(24)19-22-18(23-27-19)14-9-12-16-10-5-4-6-11-16/h4-6,10-11,17H,7-9,12-15H2,1-3H3/t17-/m0/s1. The number of carbonyl (C=O) groups is 1. The molecule has 1 aromatic carbocycles. The zero-order valence-electron chi connectivity index (χ0n) is 16.5. The van der Waals surface area contributed by atoms with Crippen LogP contribution in [0.1, 0.15) is 69.8 Å². The summed E-state index contributed by atoms with van der Waals surface area (Å²) in [7, 11) is 0. The summed E-state index contributed by atoms with van der Waals surface area (Å²) in [4.78, 5) is 18.8. The molecule has 1 atom stereocenters. The molecule has 1 saturated heterocycles. The van der Waals surface area contributed by atoms with Gasteiger partial charge in [-0.1, -0.05) is 35.5 Å². The number of nitrogens with zero attached hydrogens (tertiary/aromatic N) is 3. The molecule has 1 aliphatic heterocycles. The van der Waals surface area contributed by atoms with Crippen molar-refractivity contribution in [3.05, 3.63) is 47.6 Å². The average molecular weight is 371 g/mol. The molecule has 0 N–H and O–H groups in total. The molecule has 3 rings (SSSR count). The molecule has 2 aromatic rings. The summed E-state index contributed by atoms with van der Waals surface area (Å²) >= 11 is 0. The Kier molecular flexibility index (Phi) is 6.14. The molecular weight excluding hydrogens is 342 g/mol. The lowest BCUT2D eigenvalue weighted by atomic mass is 10.0. The zero-order chi connectivity index (χ0) is 19.3. The quantitative estimate of drug-likeness (QED) is 0.761. The van der Waals surface area contributed by atoms with Gasteiger partial charge in [-0.15, -0.1) is 0 Å². The number of hydrogen-bond donors (Lipinski definition) is 0. The molecule has 146 valence electrons. The van der Waals surface area contributed by atoms with Crippen LogP contribution >= 0.6 is 0 Å². The van der Waals surface area contributed by atoms with Crippen molar-refractivity contribution in [2.24, 2.45) is 0 Å². The van der Waals surface area contributed by atoms with E-state index in [1.807, 2.05) is 26.8 Å². The molecule has 6 heteroatoms. The molecule has 0 saturated carbocycles. The Hall–Kier alpha value is -2.37. The summed E-state index contributed by atoms with van der Waals surface area (Å²) < 4.78 is 11.1. The van der Waals surface area contributed by atoms with E-state index in [-0.39, 0.29) is 12.1 Å². The maximum absolute atomic E-state index is 12.5. The topological polar surface area (TPSA) is 68.5 Å². The van der Waals surface area contributed by atoms with E-state index in [1.54, 1.807) is 4.90 Å². The number of piperidine rings is 1. The Morgan fingerprint density at radius 1 is 1.22 bits per heavy atom. The molecule has 0 aliphatic carbocycles. The fourth-order valence-corrected chi connectivity index (χ4v) is 3.33. The van der Waals surface area contributed by atoms with Gasteiger partial charge >= 0.3 is 6.09 Å². The number of carbonyl (C=O) groups excluding carboxylic acids is 1. The van der Waals surface area contributed by atoms with Crippen LogP contribution in [0, 0.1) is 0 Å². The van der Waals surface area contributed by atoms with E-state index in [4.69, 9.17) is 9.26 Å². The Morgan fingerprint density at radius 2 is 2.00 bits per heavy atom. The van der Waals surface area contributed by atoms with Crippen molar-refractivity contribution in [2.45, 2.75) is 70.9 Å². The van der Waals surface area contributed by atoms with Gasteiger partial charge in [0.05, 0.1) is 0 Å². The Bertz CT molecular complexity index is 737. The normalized spacial score (nSPS) is 17.7. The fraction of sp³-hybridized carbons (Fsp3) is 0.571. The number of likely N-dealkylation sites (tertiary alicyclic amines) is 1. The molecule has 0 radical (unpaired) electrons. The summed E-state index contributed by atoms with van der Waals surface area (Å²) in [6, 6.07) is 10.2. The second kappa shape index (κ2) is 8.55. The van der Waals surface area contributed by atoms with Gasteiger partial charge in [0.2, 0.25) is 5.89 Å². The molecule has 1 aromatic heterocycles. The molecular formula is C21H29N3O3. The van der Waals surface area contributed by atoms with Gasteiger partial charge in [0.1, 0.15) is 11.6 Å².